The number of aliphatic hydroxyl groups is 2. The maximum Gasteiger partial charge on any atom is 0.472 e. The summed E-state index contributed by atoms with van der Waals surface area (Å²) in [5.41, 5.74) is 5.32. The average Bonchev–Trinajstić information content (AvgIpc) is 3.12. The summed E-state index contributed by atoms with van der Waals surface area (Å²) in [6.45, 7) is 3.35. The van der Waals surface area contributed by atoms with Gasteiger partial charge in [0, 0.05) is 19.4 Å². The molecule has 0 aromatic carbocycles. The number of carbonyl (C=O) groups is 2. The molecule has 3 unspecified atom stereocenters. The molecule has 0 aromatic heterocycles. The number of ether oxygens (including phenoxy) is 2. The molecule has 0 saturated carbocycles. The highest BCUT2D eigenvalue weighted by atomic mass is 31.2. The number of allylic oxidation sites excluding steroid dienone is 5. The molecule has 0 aromatic rings. The van der Waals surface area contributed by atoms with Crippen LogP contribution in [0.3, 0.4) is 0 Å². The lowest BCUT2D eigenvalue weighted by atomic mass is 10.0. The van der Waals surface area contributed by atoms with Crippen molar-refractivity contribution in [2.75, 3.05) is 26.4 Å². The fourth-order valence-electron chi connectivity index (χ4n) is 5.32. The van der Waals surface area contributed by atoms with E-state index in [1.807, 2.05) is 12.2 Å². The molecule has 4 atom stereocenters. The summed E-state index contributed by atoms with van der Waals surface area (Å²) < 4.78 is 32.5. The SMILES string of the molecule is CCCCC/C=C\C/C=C\C/C=C\CC(O)C(O)CCCC(=O)OC[C@H](COP(=O)(O)OCCN)OC(=O)CCCCCCCCCCCCCC. The number of aliphatic hydroxyl groups excluding tert-OH is 2. The number of carbonyl (C=O) groups excluding carboxylic acids is 2. The molecule has 5 N–H and O–H groups in total. The van der Waals surface area contributed by atoms with E-state index in [9.17, 15) is 29.3 Å². The van der Waals surface area contributed by atoms with Crippen LogP contribution in [0.2, 0.25) is 0 Å². The molecule has 0 aliphatic carbocycles. The van der Waals surface area contributed by atoms with Gasteiger partial charge in [0.25, 0.3) is 0 Å². The number of nitrogens with two attached hydrogens (primary N) is 1. The van der Waals surface area contributed by atoms with Crippen LogP contribution >= 0.6 is 7.82 Å². The van der Waals surface area contributed by atoms with E-state index in [1.54, 1.807) is 0 Å². The van der Waals surface area contributed by atoms with Gasteiger partial charge >= 0.3 is 19.8 Å². The van der Waals surface area contributed by atoms with Gasteiger partial charge in [-0.2, -0.15) is 0 Å². The Morgan fingerprint density at radius 1 is 0.654 bits per heavy atom. The van der Waals surface area contributed by atoms with Crippen LogP contribution in [-0.4, -0.2) is 71.7 Å². The molecule has 11 nitrogen and oxygen atoms in total. The summed E-state index contributed by atoms with van der Waals surface area (Å²) in [7, 11) is -4.44. The standard InChI is InChI=1S/C40H74NO10P/c1-3-5-7-9-11-13-15-17-19-21-23-25-28-37(42)38(43)29-27-31-39(44)48-34-36(35-50-52(46,47)49-33-32-41)51-40(45)30-26-24-22-20-18-16-14-12-10-8-6-4-2/h11,13,17,19,23,25,36-38,42-43H,3-10,12,14-16,18,20-22,24,26-35,41H2,1-2H3,(H,46,47)/b13-11-,19-17-,25-23-/t36-,37?,38?/m1/s1. The van der Waals surface area contributed by atoms with Crippen LogP contribution in [0.1, 0.15) is 162 Å². The van der Waals surface area contributed by atoms with Crippen LogP contribution in [0.15, 0.2) is 36.5 Å². The maximum absolute atomic E-state index is 12.5. The minimum Gasteiger partial charge on any atom is -0.462 e. The zero-order valence-electron chi connectivity index (χ0n) is 32.5. The van der Waals surface area contributed by atoms with E-state index in [0.717, 1.165) is 38.5 Å². The summed E-state index contributed by atoms with van der Waals surface area (Å²) >= 11 is 0. The average molecular weight is 760 g/mol. The Morgan fingerprint density at radius 2 is 1.19 bits per heavy atom. The first-order chi connectivity index (χ1) is 25.1. The molecule has 0 rings (SSSR count). The highest BCUT2D eigenvalue weighted by Crippen LogP contribution is 2.43. The van der Waals surface area contributed by atoms with Crippen LogP contribution in [-0.2, 0) is 32.7 Å². The van der Waals surface area contributed by atoms with Gasteiger partial charge in [-0.25, -0.2) is 4.57 Å². The Balaban J connectivity index is 4.44. The van der Waals surface area contributed by atoms with Crippen molar-refractivity contribution in [2.45, 2.75) is 180 Å². The lowest BCUT2D eigenvalue weighted by Crippen LogP contribution is -2.30. The van der Waals surface area contributed by atoms with Gasteiger partial charge in [-0.1, -0.05) is 134 Å². The van der Waals surface area contributed by atoms with Crippen LogP contribution in [0.5, 0.6) is 0 Å². The summed E-state index contributed by atoms with van der Waals surface area (Å²) in [5.74, 6) is -1.11. The van der Waals surface area contributed by atoms with Crippen molar-refractivity contribution in [3.8, 4) is 0 Å². The van der Waals surface area contributed by atoms with Gasteiger partial charge in [-0.15, -0.1) is 0 Å². The highest BCUT2D eigenvalue weighted by Gasteiger charge is 2.26. The Hall–Kier alpha value is -1.85. The number of hydrogen-bond donors (Lipinski definition) is 4. The molecule has 304 valence electrons. The molecule has 0 radical (unpaired) electrons. The fourth-order valence-corrected chi connectivity index (χ4v) is 6.09. The number of rotatable bonds is 37. The first-order valence-electron chi connectivity index (χ1n) is 20.1. The maximum atomic E-state index is 12.5. The third-order valence-electron chi connectivity index (χ3n) is 8.48. The Labute approximate surface area is 315 Å². The molecular formula is C40H74NO10P. The molecule has 0 aliphatic heterocycles. The van der Waals surface area contributed by atoms with Crippen molar-refractivity contribution < 1.29 is 47.8 Å². The normalized spacial score (nSPS) is 15.0. The Morgan fingerprint density at radius 3 is 1.81 bits per heavy atom. The minimum atomic E-state index is -4.44. The number of phosphoric ester groups is 1. The topological polar surface area (TPSA) is 175 Å². The number of esters is 2. The van der Waals surface area contributed by atoms with Gasteiger partial charge in [0.15, 0.2) is 6.10 Å². The van der Waals surface area contributed by atoms with Gasteiger partial charge in [0.1, 0.15) is 6.61 Å². The van der Waals surface area contributed by atoms with Crippen LogP contribution < -0.4 is 5.73 Å². The van der Waals surface area contributed by atoms with E-state index in [1.165, 1.54) is 70.6 Å². The molecule has 0 aliphatic rings. The minimum absolute atomic E-state index is 0.0145. The lowest BCUT2D eigenvalue weighted by Gasteiger charge is -2.20. The highest BCUT2D eigenvalue weighted by molar-refractivity contribution is 7.47. The largest absolute Gasteiger partial charge is 0.472 e. The van der Waals surface area contributed by atoms with Crippen LogP contribution in [0.25, 0.3) is 0 Å². The molecule has 0 fully saturated rings. The molecule has 52 heavy (non-hydrogen) atoms. The Kier molecular flexibility index (Phi) is 34.9. The van der Waals surface area contributed by atoms with Gasteiger partial charge in [-0.05, 0) is 51.4 Å². The molecule has 0 spiro atoms. The van der Waals surface area contributed by atoms with Crippen LogP contribution in [0.4, 0.5) is 0 Å². The van der Waals surface area contributed by atoms with Crippen LogP contribution in [0, 0.1) is 0 Å². The predicted molar refractivity (Wildman–Crippen MR) is 209 cm³/mol. The zero-order valence-corrected chi connectivity index (χ0v) is 33.4. The first kappa shape index (κ1) is 50.1. The second-order valence-corrected chi connectivity index (χ2v) is 14.9. The number of hydrogen-bond acceptors (Lipinski definition) is 10. The third-order valence-corrected chi connectivity index (χ3v) is 9.46. The third kappa shape index (κ3) is 34.0. The second kappa shape index (κ2) is 36.1. The monoisotopic (exact) mass is 760 g/mol. The first-order valence-corrected chi connectivity index (χ1v) is 21.6. The van der Waals surface area contributed by atoms with E-state index in [0.29, 0.717) is 12.8 Å². The van der Waals surface area contributed by atoms with E-state index in [2.05, 4.69) is 38.2 Å². The summed E-state index contributed by atoms with van der Waals surface area (Å²) in [5, 5.41) is 20.6. The second-order valence-electron chi connectivity index (χ2n) is 13.5. The lowest BCUT2D eigenvalue weighted by molar-refractivity contribution is -0.161. The summed E-state index contributed by atoms with van der Waals surface area (Å²) in [6, 6.07) is 0. The van der Waals surface area contributed by atoms with E-state index in [4.69, 9.17) is 24.3 Å². The van der Waals surface area contributed by atoms with Gasteiger partial charge < -0.3 is 30.3 Å². The van der Waals surface area contributed by atoms with Crippen molar-refractivity contribution in [3.63, 3.8) is 0 Å². The van der Waals surface area contributed by atoms with Crippen molar-refractivity contribution in [3.05, 3.63) is 36.5 Å². The van der Waals surface area contributed by atoms with E-state index < -0.39 is 44.7 Å². The molecular weight excluding hydrogens is 685 g/mol. The molecule has 0 saturated heterocycles. The van der Waals surface area contributed by atoms with E-state index in [-0.39, 0.29) is 45.4 Å². The van der Waals surface area contributed by atoms with E-state index >= 15 is 0 Å². The predicted octanol–water partition coefficient (Wildman–Crippen LogP) is 8.94. The fraction of sp³-hybridized carbons (Fsp3) is 0.800. The zero-order chi connectivity index (χ0) is 38.5. The van der Waals surface area contributed by atoms with Gasteiger partial charge in [0.05, 0.1) is 25.4 Å². The van der Waals surface area contributed by atoms with Crippen molar-refractivity contribution >= 4 is 19.8 Å². The molecule has 0 bridgehead atoms. The van der Waals surface area contributed by atoms with Crippen molar-refractivity contribution in [1.82, 2.24) is 0 Å². The van der Waals surface area contributed by atoms with Gasteiger partial charge in [0.2, 0.25) is 0 Å². The quantitative estimate of drug-likeness (QED) is 0.0206. The molecule has 0 amide bonds. The van der Waals surface area contributed by atoms with Gasteiger partial charge in [-0.3, -0.25) is 18.6 Å². The van der Waals surface area contributed by atoms with Crippen molar-refractivity contribution in [2.24, 2.45) is 5.73 Å². The molecule has 12 heteroatoms. The number of unbranched alkanes of at least 4 members (excludes halogenated alkanes) is 14. The Bertz CT molecular complexity index is 989. The molecule has 0 heterocycles. The van der Waals surface area contributed by atoms with Crippen molar-refractivity contribution in [1.29, 1.82) is 0 Å². The smallest absolute Gasteiger partial charge is 0.462 e. The summed E-state index contributed by atoms with van der Waals surface area (Å²) in [4.78, 5) is 34.8. The number of phosphoric acid groups is 1. The summed E-state index contributed by atoms with van der Waals surface area (Å²) in [6.07, 6.45) is 30.7.